The third kappa shape index (κ3) is 4.48. The summed E-state index contributed by atoms with van der Waals surface area (Å²) in [4.78, 5) is 45.2. The van der Waals surface area contributed by atoms with E-state index in [1.165, 1.54) is 35.0 Å². The first-order valence-corrected chi connectivity index (χ1v) is 11.3. The number of halogens is 3. The lowest BCUT2D eigenvalue weighted by Gasteiger charge is -2.34. The molecule has 3 aliphatic heterocycles. The van der Waals surface area contributed by atoms with Gasteiger partial charge in [0.1, 0.15) is 0 Å². The number of amides is 4. The predicted molar refractivity (Wildman–Crippen MR) is 117 cm³/mol. The first-order chi connectivity index (χ1) is 16.1. The van der Waals surface area contributed by atoms with Crippen molar-refractivity contribution in [2.75, 3.05) is 52.9 Å². The van der Waals surface area contributed by atoms with Crippen LogP contribution < -0.4 is 5.32 Å². The maximum Gasteiger partial charge on any atom is 0.416 e. The molecule has 8 nitrogen and oxygen atoms in total. The number of benzene rings is 1. The van der Waals surface area contributed by atoms with E-state index < -0.39 is 29.7 Å². The number of carbonyl (C=O) groups is 3. The Labute approximate surface area is 195 Å². The Bertz CT molecular complexity index is 1020. The van der Waals surface area contributed by atoms with E-state index in [-0.39, 0.29) is 36.6 Å². The third-order valence-electron chi connectivity index (χ3n) is 6.78. The number of hydrogen-bond donors (Lipinski definition) is 1. The molecule has 0 aromatic heterocycles. The molecular formula is C23H28F3N5O3. The Morgan fingerprint density at radius 1 is 1.12 bits per heavy atom. The zero-order valence-corrected chi connectivity index (χ0v) is 19.2. The van der Waals surface area contributed by atoms with Gasteiger partial charge in [-0.1, -0.05) is 25.1 Å². The molecule has 0 bridgehead atoms. The summed E-state index contributed by atoms with van der Waals surface area (Å²) >= 11 is 0. The minimum atomic E-state index is -4.64. The van der Waals surface area contributed by atoms with Crippen LogP contribution in [-0.4, -0.2) is 90.3 Å². The molecule has 0 unspecified atom stereocenters. The summed E-state index contributed by atoms with van der Waals surface area (Å²) in [6, 6.07) is 3.14. The quantitative estimate of drug-likeness (QED) is 0.702. The second-order valence-corrected chi connectivity index (χ2v) is 8.68. The molecule has 184 valence electrons. The Kier molecular flexibility index (Phi) is 6.57. The Balaban J connectivity index is 1.51. The zero-order valence-electron chi connectivity index (χ0n) is 19.2. The minimum Gasteiger partial charge on any atom is -0.340 e. The lowest BCUT2D eigenvalue weighted by atomic mass is 9.92. The number of urea groups is 1. The molecule has 1 saturated heterocycles. The number of nitrogens with zero attached hydrogens (tertiary/aromatic N) is 4. The van der Waals surface area contributed by atoms with Gasteiger partial charge in [0, 0.05) is 46.2 Å². The van der Waals surface area contributed by atoms with Crippen LogP contribution in [0, 0.1) is 0 Å². The fraction of sp³-hybridized carbons (Fsp3) is 0.522. The standard InChI is InChI=1S/C23H28F3N5O3/c1-3-29-10-12-30(13-11-29)18(32)8-9-31-14-17-19(21(31)33)20(27-22(34)28(17)2)15-6-4-5-7-16(15)23(24,25)26/h4-7,20H,3,8-14H2,1-2H3,(H,27,34)/t20-/m1/s1. The van der Waals surface area contributed by atoms with Crippen LogP contribution in [0.25, 0.3) is 0 Å². The van der Waals surface area contributed by atoms with Gasteiger partial charge in [0.05, 0.1) is 29.4 Å². The molecule has 1 aromatic carbocycles. The fourth-order valence-electron chi connectivity index (χ4n) is 4.75. The first kappa shape index (κ1) is 24.1. The Morgan fingerprint density at radius 3 is 2.44 bits per heavy atom. The Hall–Kier alpha value is -3.08. The summed E-state index contributed by atoms with van der Waals surface area (Å²) in [7, 11) is 1.48. The molecule has 4 rings (SSSR count). The van der Waals surface area contributed by atoms with Gasteiger partial charge in [-0.3, -0.25) is 14.5 Å². The number of nitrogens with one attached hydrogen (secondary N) is 1. The minimum absolute atomic E-state index is 0.0602. The summed E-state index contributed by atoms with van der Waals surface area (Å²) in [5, 5.41) is 2.55. The highest BCUT2D eigenvalue weighted by Crippen LogP contribution is 2.41. The third-order valence-corrected chi connectivity index (χ3v) is 6.78. The van der Waals surface area contributed by atoms with Crippen LogP contribution in [0.3, 0.4) is 0 Å². The normalized spacial score (nSPS) is 21.8. The summed E-state index contributed by atoms with van der Waals surface area (Å²) in [6.45, 7) is 6.08. The largest absolute Gasteiger partial charge is 0.416 e. The van der Waals surface area contributed by atoms with Gasteiger partial charge in [-0.25, -0.2) is 4.79 Å². The molecule has 1 N–H and O–H groups in total. The van der Waals surface area contributed by atoms with Crippen molar-refractivity contribution in [1.29, 1.82) is 0 Å². The van der Waals surface area contributed by atoms with E-state index in [0.29, 0.717) is 18.8 Å². The van der Waals surface area contributed by atoms with Crippen molar-refractivity contribution < 1.29 is 27.6 Å². The molecule has 0 aliphatic carbocycles. The number of rotatable bonds is 5. The van der Waals surface area contributed by atoms with E-state index >= 15 is 0 Å². The van der Waals surface area contributed by atoms with E-state index in [9.17, 15) is 27.6 Å². The SMILES string of the molecule is CCN1CCN(C(=O)CCN2CC3=C(C2=O)[C@@H](c2ccccc2C(F)(F)F)NC(=O)N3C)CC1. The summed E-state index contributed by atoms with van der Waals surface area (Å²) < 4.78 is 40.9. The molecule has 3 heterocycles. The van der Waals surface area contributed by atoms with E-state index in [1.54, 1.807) is 4.90 Å². The van der Waals surface area contributed by atoms with Crippen molar-refractivity contribution in [2.45, 2.75) is 25.6 Å². The van der Waals surface area contributed by atoms with Crippen molar-refractivity contribution in [3.63, 3.8) is 0 Å². The van der Waals surface area contributed by atoms with Crippen LogP contribution in [0.5, 0.6) is 0 Å². The molecule has 3 aliphatic rings. The fourth-order valence-corrected chi connectivity index (χ4v) is 4.75. The molecule has 11 heteroatoms. The molecule has 0 radical (unpaired) electrons. The van der Waals surface area contributed by atoms with Crippen molar-refractivity contribution >= 4 is 17.8 Å². The Morgan fingerprint density at radius 2 is 1.79 bits per heavy atom. The molecular weight excluding hydrogens is 451 g/mol. The lowest BCUT2D eigenvalue weighted by molar-refractivity contribution is -0.139. The monoisotopic (exact) mass is 479 g/mol. The van der Waals surface area contributed by atoms with Crippen LogP contribution in [0.4, 0.5) is 18.0 Å². The highest BCUT2D eigenvalue weighted by molar-refractivity contribution is 6.01. The van der Waals surface area contributed by atoms with Crippen molar-refractivity contribution in [3.05, 3.63) is 46.7 Å². The average Bonchev–Trinajstić information content (AvgIpc) is 3.15. The molecule has 1 fully saturated rings. The number of carbonyl (C=O) groups excluding carboxylic acids is 3. The van der Waals surface area contributed by atoms with Gasteiger partial charge in [0.25, 0.3) is 5.91 Å². The summed E-state index contributed by atoms with van der Waals surface area (Å²) in [5.41, 5.74) is -0.601. The highest BCUT2D eigenvalue weighted by atomic mass is 19.4. The van der Waals surface area contributed by atoms with Crippen LogP contribution in [0.2, 0.25) is 0 Å². The van der Waals surface area contributed by atoms with Gasteiger partial charge in [0.2, 0.25) is 5.91 Å². The van der Waals surface area contributed by atoms with Crippen LogP contribution in [0.1, 0.15) is 30.5 Å². The number of likely N-dealkylation sites (N-methyl/N-ethyl adjacent to an activating group) is 2. The van der Waals surface area contributed by atoms with Gasteiger partial charge in [0.15, 0.2) is 0 Å². The second kappa shape index (κ2) is 9.28. The molecule has 34 heavy (non-hydrogen) atoms. The zero-order chi connectivity index (χ0) is 24.6. The highest BCUT2D eigenvalue weighted by Gasteiger charge is 2.45. The number of alkyl halides is 3. The smallest absolute Gasteiger partial charge is 0.340 e. The van der Waals surface area contributed by atoms with Gasteiger partial charge in [-0.2, -0.15) is 13.2 Å². The molecule has 0 saturated carbocycles. The van der Waals surface area contributed by atoms with Crippen molar-refractivity contribution in [2.24, 2.45) is 0 Å². The van der Waals surface area contributed by atoms with E-state index in [2.05, 4.69) is 17.1 Å². The van der Waals surface area contributed by atoms with Crippen molar-refractivity contribution in [3.8, 4) is 0 Å². The summed E-state index contributed by atoms with van der Waals surface area (Å²) in [6.07, 6.45) is -4.52. The van der Waals surface area contributed by atoms with Crippen molar-refractivity contribution in [1.82, 2.24) is 24.9 Å². The van der Waals surface area contributed by atoms with Gasteiger partial charge in [-0.15, -0.1) is 0 Å². The number of piperazine rings is 1. The molecule has 4 amide bonds. The van der Waals surface area contributed by atoms with E-state index in [0.717, 1.165) is 25.7 Å². The van der Waals surface area contributed by atoms with Gasteiger partial charge < -0.3 is 20.0 Å². The van der Waals surface area contributed by atoms with Gasteiger partial charge >= 0.3 is 12.2 Å². The van der Waals surface area contributed by atoms with Crippen LogP contribution in [0.15, 0.2) is 35.5 Å². The second-order valence-electron chi connectivity index (χ2n) is 8.68. The van der Waals surface area contributed by atoms with E-state index in [4.69, 9.17) is 0 Å². The van der Waals surface area contributed by atoms with Crippen LogP contribution in [-0.2, 0) is 15.8 Å². The molecule has 1 atom stereocenters. The lowest BCUT2D eigenvalue weighted by Crippen LogP contribution is -2.49. The first-order valence-electron chi connectivity index (χ1n) is 11.3. The van der Waals surface area contributed by atoms with Gasteiger partial charge in [-0.05, 0) is 18.2 Å². The topological polar surface area (TPSA) is 76.2 Å². The predicted octanol–water partition coefficient (Wildman–Crippen LogP) is 2.05. The van der Waals surface area contributed by atoms with Crippen LogP contribution >= 0.6 is 0 Å². The maximum absolute atomic E-state index is 13.6. The number of hydrogen-bond acceptors (Lipinski definition) is 4. The molecule has 0 spiro atoms. The average molecular weight is 480 g/mol. The van der Waals surface area contributed by atoms with E-state index in [1.807, 2.05) is 0 Å². The maximum atomic E-state index is 13.6. The summed E-state index contributed by atoms with van der Waals surface area (Å²) in [5.74, 6) is -0.526. The molecule has 1 aromatic rings.